The van der Waals surface area contributed by atoms with Crippen molar-refractivity contribution in [3.63, 3.8) is 0 Å². The Kier molecular flexibility index (Phi) is 8.96. The highest BCUT2D eigenvalue weighted by Gasteiger charge is 2.32. The zero-order valence-electron chi connectivity index (χ0n) is 17.2. The van der Waals surface area contributed by atoms with E-state index in [1.807, 2.05) is 20.1 Å². The number of benzene rings is 1. The maximum absolute atomic E-state index is 13.1. The van der Waals surface area contributed by atoms with E-state index >= 15 is 0 Å². The summed E-state index contributed by atoms with van der Waals surface area (Å²) in [4.78, 5) is 17.1. The van der Waals surface area contributed by atoms with E-state index in [4.69, 9.17) is 0 Å². The molecule has 1 N–H and O–H groups in total. The lowest BCUT2D eigenvalue weighted by Gasteiger charge is -2.39. The summed E-state index contributed by atoms with van der Waals surface area (Å²) < 4.78 is 28.0. The van der Waals surface area contributed by atoms with E-state index in [9.17, 15) is 18.5 Å². The maximum Gasteiger partial charge on any atom is 0.241 e. The van der Waals surface area contributed by atoms with Gasteiger partial charge in [0.25, 0.3) is 0 Å². The lowest BCUT2D eigenvalue weighted by molar-refractivity contribution is -0.135. The molecular formula is C20H30N4O3S2. The van der Waals surface area contributed by atoms with Crippen LogP contribution in [0.2, 0.25) is 0 Å². The van der Waals surface area contributed by atoms with Crippen LogP contribution in [0, 0.1) is 17.2 Å². The molecule has 160 valence electrons. The van der Waals surface area contributed by atoms with Gasteiger partial charge in [-0.25, -0.2) is 8.42 Å². The fourth-order valence-corrected chi connectivity index (χ4v) is 5.13. The summed E-state index contributed by atoms with van der Waals surface area (Å²) in [6.45, 7) is 6.25. The topological polar surface area (TPSA) is 93.5 Å². The minimum atomic E-state index is -3.77. The molecule has 1 aromatic carbocycles. The Labute approximate surface area is 178 Å². The molecule has 1 aliphatic rings. The molecule has 29 heavy (non-hydrogen) atoms. The highest BCUT2D eigenvalue weighted by Crippen LogP contribution is 2.16. The molecule has 1 heterocycles. The molecule has 1 aliphatic heterocycles. The van der Waals surface area contributed by atoms with Gasteiger partial charge in [0.1, 0.15) is 12.1 Å². The van der Waals surface area contributed by atoms with Gasteiger partial charge in [0.05, 0.1) is 11.0 Å². The van der Waals surface area contributed by atoms with Crippen molar-refractivity contribution in [2.45, 2.75) is 37.2 Å². The first kappa shape index (κ1) is 23.7. The Balaban J connectivity index is 2.07. The van der Waals surface area contributed by atoms with Gasteiger partial charge >= 0.3 is 0 Å². The number of carbonyl (C=O) groups excluding carboxylic acids is 1. The molecule has 0 aliphatic carbocycles. The van der Waals surface area contributed by atoms with Crippen LogP contribution in [0.5, 0.6) is 0 Å². The van der Waals surface area contributed by atoms with Crippen molar-refractivity contribution in [2.75, 3.05) is 38.2 Å². The first-order chi connectivity index (χ1) is 13.8. The third kappa shape index (κ3) is 6.44. The van der Waals surface area contributed by atoms with Gasteiger partial charge in [-0.3, -0.25) is 9.69 Å². The Hall–Kier alpha value is -1.60. The average Bonchev–Trinajstić information content (AvgIpc) is 2.72. The van der Waals surface area contributed by atoms with Gasteiger partial charge in [-0.05, 0) is 36.5 Å². The summed E-state index contributed by atoms with van der Waals surface area (Å²) in [5.74, 6) is 0.697. The summed E-state index contributed by atoms with van der Waals surface area (Å²) in [6, 6.07) is 9.49. The summed E-state index contributed by atoms with van der Waals surface area (Å²) in [7, 11) is -3.77. The quantitative estimate of drug-likeness (QED) is 0.632. The van der Waals surface area contributed by atoms with E-state index < -0.39 is 16.1 Å². The zero-order valence-corrected chi connectivity index (χ0v) is 18.9. The van der Waals surface area contributed by atoms with Gasteiger partial charge in [-0.15, -0.1) is 0 Å². The molecule has 0 spiro atoms. The van der Waals surface area contributed by atoms with Crippen molar-refractivity contribution in [1.29, 1.82) is 5.26 Å². The average molecular weight is 439 g/mol. The van der Waals surface area contributed by atoms with Crippen LogP contribution in [0.1, 0.15) is 20.3 Å². The molecule has 1 aromatic rings. The summed E-state index contributed by atoms with van der Waals surface area (Å²) in [5.41, 5.74) is 0. The number of piperazine rings is 1. The van der Waals surface area contributed by atoms with Crippen molar-refractivity contribution in [3.05, 3.63) is 30.3 Å². The number of sulfonamides is 1. The number of rotatable bonds is 9. The number of amides is 1. The molecule has 0 saturated carbocycles. The number of hydrogen-bond donors (Lipinski definition) is 1. The highest BCUT2D eigenvalue weighted by molar-refractivity contribution is 7.98. The number of nitriles is 1. The molecule has 1 amide bonds. The minimum Gasteiger partial charge on any atom is -0.339 e. The van der Waals surface area contributed by atoms with Gasteiger partial charge in [0, 0.05) is 26.2 Å². The van der Waals surface area contributed by atoms with Crippen LogP contribution in [0.25, 0.3) is 0 Å². The van der Waals surface area contributed by atoms with Crippen LogP contribution < -0.4 is 4.72 Å². The number of hydrogen-bond acceptors (Lipinski definition) is 6. The van der Waals surface area contributed by atoms with Crippen LogP contribution >= 0.6 is 11.8 Å². The van der Waals surface area contributed by atoms with E-state index in [0.717, 1.165) is 0 Å². The Morgan fingerprint density at radius 2 is 1.83 bits per heavy atom. The van der Waals surface area contributed by atoms with Gasteiger partial charge in [-0.1, -0.05) is 32.0 Å². The molecule has 0 bridgehead atoms. The normalized spacial score (nSPS) is 17.7. The predicted octanol–water partition coefficient (Wildman–Crippen LogP) is 1.78. The molecule has 1 saturated heterocycles. The first-order valence-electron chi connectivity index (χ1n) is 9.79. The second kappa shape index (κ2) is 11.0. The molecule has 2 atom stereocenters. The smallest absolute Gasteiger partial charge is 0.241 e. The zero-order chi connectivity index (χ0) is 21.4. The fourth-order valence-electron chi connectivity index (χ4n) is 3.42. The van der Waals surface area contributed by atoms with Crippen LogP contribution in [0.3, 0.4) is 0 Å². The van der Waals surface area contributed by atoms with Crippen LogP contribution in [-0.4, -0.2) is 74.4 Å². The SMILES string of the molecule is CSCCC(NS(=O)(=O)c1ccccc1)C(=O)N1CCN(C(C#N)C(C)C)CC1. The van der Waals surface area contributed by atoms with E-state index in [-0.39, 0.29) is 22.8 Å². The second-order valence-electron chi connectivity index (χ2n) is 7.45. The van der Waals surface area contributed by atoms with E-state index in [1.54, 1.807) is 34.9 Å². The molecule has 0 radical (unpaired) electrons. The van der Waals surface area contributed by atoms with Gasteiger partial charge < -0.3 is 4.90 Å². The summed E-state index contributed by atoms with van der Waals surface area (Å²) in [5, 5.41) is 9.39. The Morgan fingerprint density at radius 1 is 1.21 bits per heavy atom. The molecular weight excluding hydrogens is 408 g/mol. The number of nitrogens with zero attached hydrogens (tertiary/aromatic N) is 3. The largest absolute Gasteiger partial charge is 0.339 e. The van der Waals surface area contributed by atoms with E-state index in [0.29, 0.717) is 38.4 Å². The number of nitrogens with one attached hydrogen (secondary N) is 1. The summed E-state index contributed by atoms with van der Waals surface area (Å²) >= 11 is 1.58. The maximum atomic E-state index is 13.1. The molecule has 2 unspecified atom stereocenters. The molecule has 7 nitrogen and oxygen atoms in total. The van der Waals surface area contributed by atoms with Gasteiger partial charge in [0.15, 0.2) is 0 Å². The first-order valence-corrected chi connectivity index (χ1v) is 12.7. The van der Waals surface area contributed by atoms with Crippen molar-refractivity contribution < 1.29 is 13.2 Å². The van der Waals surface area contributed by atoms with E-state index in [1.165, 1.54) is 12.1 Å². The Morgan fingerprint density at radius 3 is 2.34 bits per heavy atom. The third-order valence-corrected chi connectivity index (χ3v) is 7.17. The van der Waals surface area contributed by atoms with E-state index in [2.05, 4.69) is 15.7 Å². The molecule has 1 fully saturated rings. The van der Waals surface area contributed by atoms with Crippen molar-refractivity contribution in [3.8, 4) is 6.07 Å². The second-order valence-corrected chi connectivity index (χ2v) is 10.1. The number of thioether (sulfide) groups is 1. The van der Waals surface area contributed by atoms with Crippen LogP contribution in [0.15, 0.2) is 35.2 Å². The lowest BCUT2D eigenvalue weighted by atomic mass is 10.0. The molecule has 2 rings (SSSR count). The van der Waals surface area contributed by atoms with Crippen molar-refractivity contribution in [1.82, 2.24) is 14.5 Å². The van der Waals surface area contributed by atoms with Crippen molar-refractivity contribution in [2.24, 2.45) is 5.92 Å². The predicted molar refractivity (Wildman–Crippen MR) is 116 cm³/mol. The standard InChI is InChI=1S/C20H30N4O3S2/c1-16(2)19(15-21)23-10-12-24(13-11-23)20(25)18(9-14-28-3)22-29(26,27)17-7-5-4-6-8-17/h4-8,16,18-19,22H,9-14H2,1-3H3. The van der Waals surface area contributed by atoms with Crippen LogP contribution in [0.4, 0.5) is 0 Å². The van der Waals surface area contributed by atoms with Gasteiger partial charge in [0.2, 0.25) is 15.9 Å². The highest BCUT2D eigenvalue weighted by atomic mass is 32.2. The minimum absolute atomic E-state index is 0.153. The third-order valence-electron chi connectivity index (χ3n) is 5.04. The summed E-state index contributed by atoms with van der Waals surface area (Å²) in [6.07, 6.45) is 2.36. The fraction of sp³-hybridized carbons (Fsp3) is 0.600. The molecule has 9 heteroatoms. The van der Waals surface area contributed by atoms with Gasteiger partial charge in [-0.2, -0.15) is 21.7 Å². The monoisotopic (exact) mass is 438 g/mol. The lowest BCUT2D eigenvalue weighted by Crippen LogP contribution is -2.57. The van der Waals surface area contributed by atoms with Crippen LogP contribution in [-0.2, 0) is 14.8 Å². The number of carbonyl (C=O) groups is 1. The Bertz CT molecular complexity index is 801. The van der Waals surface area contributed by atoms with Crippen molar-refractivity contribution >= 4 is 27.7 Å². The molecule has 0 aromatic heterocycles.